The second-order valence-electron chi connectivity index (χ2n) is 5.18. The quantitative estimate of drug-likeness (QED) is 0.886. The second-order valence-corrected chi connectivity index (χ2v) is 5.18. The lowest BCUT2D eigenvalue weighted by atomic mass is 10.0. The summed E-state index contributed by atoms with van der Waals surface area (Å²) in [7, 11) is 0. The standard InChI is InChI=1S/C15H20N2O4/c1-3-7-17(13-9-21-8-12(13)15(19)20)14(18)11-5-4-6-16-10(11)2/h4-6,12-13H,3,7-9H2,1-2H3,(H,19,20). The molecule has 0 radical (unpaired) electrons. The molecule has 0 spiro atoms. The monoisotopic (exact) mass is 292 g/mol. The van der Waals surface area contributed by atoms with Gasteiger partial charge in [-0.15, -0.1) is 0 Å². The first-order valence-corrected chi connectivity index (χ1v) is 7.09. The van der Waals surface area contributed by atoms with E-state index in [9.17, 15) is 14.7 Å². The normalized spacial score (nSPS) is 21.2. The first-order chi connectivity index (χ1) is 10.1. The fraction of sp³-hybridized carbons (Fsp3) is 0.533. The average molecular weight is 292 g/mol. The number of ether oxygens (including phenoxy) is 1. The number of pyridine rings is 1. The van der Waals surface area contributed by atoms with Crippen molar-refractivity contribution in [1.29, 1.82) is 0 Å². The van der Waals surface area contributed by atoms with Gasteiger partial charge in [0.05, 0.1) is 24.8 Å². The van der Waals surface area contributed by atoms with Crippen LogP contribution in [-0.2, 0) is 9.53 Å². The smallest absolute Gasteiger partial charge is 0.311 e. The fourth-order valence-corrected chi connectivity index (χ4v) is 2.61. The van der Waals surface area contributed by atoms with Gasteiger partial charge in [-0.3, -0.25) is 14.6 Å². The summed E-state index contributed by atoms with van der Waals surface area (Å²) in [5.41, 5.74) is 1.16. The molecule has 2 unspecified atom stereocenters. The number of rotatable bonds is 5. The number of amides is 1. The molecule has 2 rings (SSSR count). The molecule has 1 aliphatic heterocycles. The van der Waals surface area contributed by atoms with E-state index < -0.39 is 17.9 Å². The molecule has 1 amide bonds. The maximum absolute atomic E-state index is 12.7. The van der Waals surface area contributed by atoms with Crippen molar-refractivity contribution in [1.82, 2.24) is 9.88 Å². The van der Waals surface area contributed by atoms with Crippen LogP contribution in [-0.4, -0.2) is 52.7 Å². The van der Waals surface area contributed by atoms with Crippen molar-refractivity contribution >= 4 is 11.9 Å². The lowest BCUT2D eigenvalue weighted by molar-refractivity contribution is -0.142. The summed E-state index contributed by atoms with van der Waals surface area (Å²) in [5.74, 6) is -1.77. The van der Waals surface area contributed by atoms with Crippen LogP contribution in [0.1, 0.15) is 29.4 Å². The van der Waals surface area contributed by atoms with Crippen LogP contribution in [0.15, 0.2) is 18.3 Å². The van der Waals surface area contributed by atoms with E-state index in [0.717, 1.165) is 6.42 Å². The van der Waals surface area contributed by atoms with E-state index in [1.807, 2.05) is 6.92 Å². The Morgan fingerprint density at radius 3 is 2.86 bits per heavy atom. The van der Waals surface area contributed by atoms with E-state index in [-0.39, 0.29) is 19.1 Å². The maximum Gasteiger partial charge on any atom is 0.311 e. The Bertz CT molecular complexity index is 532. The highest BCUT2D eigenvalue weighted by Gasteiger charge is 2.40. The largest absolute Gasteiger partial charge is 0.481 e. The predicted octanol–water partition coefficient (Wildman–Crippen LogP) is 1.34. The summed E-state index contributed by atoms with van der Waals surface area (Å²) in [6.07, 6.45) is 2.39. The predicted molar refractivity (Wildman–Crippen MR) is 76.0 cm³/mol. The Morgan fingerprint density at radius 2 is 2.24 bits per heavy atom. The number of aromatic nitrogens is 1. The molecule has 2 atom stereocenters. The van der Waals surface area contributed by atoms with Gasteiger partial charge in [-0.05, 0) is 25.5 Å². The topological polar surface area (TPSA) is 79.7 Å². The molecule has 0 aliphatic carbocycles. The van der Waals surface area contributed by atoms with E-state index >= 15 is 0 Å². The zero-order chi connectivity index (χ0) is 15.4. The molecule has 2 heterocycles. The zero-order valence-corrected chi connectivity index (χ0v) is 12.3. The summed E-state index contributed by atoms with van der Waals surface area (Å²) in [5, 5.41) is 9.28. The Labute approximate surface area is 123 Å². The van der Waals surface area contributed by atoms with Gasteiger partial charge in [0.1, 0.15) is 5.92 Å². The number of carbonyl (C=O) groups excluding carboxylic acids is 1. The lowest BCUT2D eigenvalue weighted by Crippen LogP contribution is -2.47. The Hall–Kier alpha value is -1.95. The minimum Gasteiger partial charge on any atom is -0.481 e. The summed E-state index contributed by atoms with van der Waals surface area (Å²) in [4.78, 5) is 29.8. The summed E-state index contributed by atoms with van der Waals surface area (Å²) < 4.78 is 5.28. The molecular weight excluding hydrogens is 272 g/mol. The summed E-state index contributed by atoms with van der Waals surface area (Å²) in [6, 6.07) is 3.01. The van der Waals surface area contributed by atoms with Crippen molar-refractivity contribution in [3.05, 3.63) is 29.6 Å². The highest BCUT2D eigenvalue weighted by atomic mass is 16.5. The highest BCUT2D eigenvalue weighted by molar-refractivity contribution is 5.95. The average Bonchev–Trinajstić information content (AvgIpc) is 2.94. The van der Waals surface area contributed by atoms with E-state index in [1.165, 1.54) is 0 Å². The molecule has 114 valence electrons. The van der Waals surface area contributed by atoms with Gasteiger partial charge in [0.25, 0.3) is 5.91 Å². The van der Waals surface area contributed by atoms with Crippen LogP contribution >= 0.6 is 0 Å². The Kier molecular flexibility index (Phi) is 4.90. The number of carbonyl (C=O) groups is 2. The molecule has 21 heavy (non-hydrogen) atoms. The molecule has 6 nitrogen and oxygen atoms in total. The number of hydrogen-bond acceptors (Lipinski definition) is 4. The van der Waals surface area contributed by atoms with E-state index in [4.69, 9.17) is 4.74 Å². The molecular formula is C15H20N2O4. The molecule has 6 heteroatoms. The molecule has 1 saturated heterocycles. The number of aryl methyl sites for hydroxylation is 1. The number of carboxylic acid groups (broad SMARTS) is 1. The molecule has 0 saturated carbocycles. The minimum absolute atomic E-state index is 0.152. The van der Waals surface area contributed by atoms with Crippen LogP contribution in [0.2, 0.25) is 0 Å². The van der Waals surface area contributed by atoms with Gasteiger partial charge in [-0.2, -0.15) is 0 Å². The van der Waals surface area contributed by atoms with Crippen LogP contribution in [0, 0.1) is 12.8 Å². The Balaban J connectivity index is 2.28. The first-order valence-electron chi connectivity index (χ1n) is 7.09. The van der Waals surface area contributed by atoms with Gasteiger partial charge in [0.15, 0.2) is 0 Å². The molecule has 1 aliphatic rings. The van der Waals surface area contributed by atoms with Crippen LogP contribution in [0.3, 0.4) is 0 Å². The molecule has 1 aromatic heterocycles. The van der Waals surface area contributed by atoms with E-state index in [2.05, 4.69) is 4.98 Å². The van der Waals surface area contributed by atoms with Gasteiger partial charge in [0, 0.05) is 18.4 Å². The number of carboxylic acids is 1. The van der Waals surface area contributed by atoms with E-state index in [1.54, 1.807) is 30.2 Å². The van der Waals surface area contributed by atoms with Gasteiger partial charge in [0.2, 0.25) is 0 Å². The molecule has 1 fully saturated rings. The maximum atomic E-state index is 12.7. The SMILES string of the molecule is CCCN(C(=O)c1cccnc1C)C1COCC1C(=O)O. The fourth-order valence-electron chi connectivity index (χ4n) is 2.61. The molecule has 0 bridgehead atoms. The molecule has 1 N–H and O–H groups in total. The third-order valence-corrected chi connectivity index (χ3v) is 3.73. The van der Waals surface area contributed by atoms with E-state index in [0.29, 0.717) is 17.8 Å². The van der Waals surface area contributed by atoms with Crippen LogP contribution < -0.4 is 0 Å². The summed E-state index contributed by atoms with van der Waals surface area (Å²) >= 11 is 0. The van der Waals surface area contributed by atoms with Gasteiger partial charge < -0.3 is 14.7 Å². The van der Waals surface area contributed by atoms with Gasteiger partial charge in [-0.1, -0.05) is 6.92 Å². The third-order valence-electron chi connectivity index (χ3n) is 3.73. The number of aliphatic carboxylic acids is 1. The van der Waals surface area contributed by atoms with Crippen molar-refractivity contribution in [3.63, 3.8) is 0 Å². The van der Waals surface area contributed by atoms with Crippen molar-refractivity contribution < 1.29 is 19.4 Å². The lowest BCUT2D eigenvalue weighted by Gasteiger charge is -2.30. The van der Waals surface area contributed by atoms with Crippen molar-refractivity contribution in [3.8, 4) is 0 Å². The number of nitrogens with zero attached hydrogens (tertiary/aromatic N) is 2. The molecule has 1 aromatic rings. The van der Waals surface area contributed by atoms with Crippen LogP contribution in [0.5, 0.6) is 0 Å². The zero-order valence-electron chi connectivity index (χ0n) is 12.3. The van der Waals surface area contributed by atoms with Crippen molar-refractivity contribution in [2.24, 2.45) is 5.92 Å². The highest BCUT2D eigenvalue weighted by Crippen LogP contribution is 2.23. The Morgan fingerprint density at radius 1 is 1.48 bits per heavy atom. The van der Waals surface area contributed by atoms with Crippen LogP contribution in [0.4, 0.5) is 0 Å². The van der Waals surface area contributed by atoms with Crippen molar-refractivity contribution in [2.45, 2.75) is 26.3 Å². The molecule has 0 aromatic carbocycles. The van der Waals surface area contributed by atoms with Crippen molar-refractivity contribution in [2.75, 3.05) is 19.8 Å². The van der Waals surface area contributed by atoms with Gasteiger partial charge >= 0.3 is 5.97 Å². The van der Waals surface area contributed by atoms with Gasteiger partial charge in [-0.25, -0.2) is 0 Å². The second kappa shape index (κ2) is 6.67. The third kappa shape index (κ3) is 3.21. The number of hydrogen-bond donors (Lipinski definition) is 1. The first kappa shape index (κ1) is 15.4. The van der Waals surface area contributed by atoms with Crippen LogP contribution in [0.25, 0.3) is 0 Å². The summed E-state index contributed by atoms with van der Waals surface area (Å²) in [6.45, 7) is 4.66. The minimum atomic E-state index is -0.922.